The molecule has 8 heteroatoms. The number of aliphatic carboxylic acids is 3. The zero-order valence-electron chi connectivity index (χ0n) is 19.7. The molecule has 1 heterocycles. The first kappa shape index (κ1) is 30.9. The van der Waals surface area contributed by atoms with Crippen molar-refractivity contribution in [3.05, 3.63) is 0 Å². The number of unbranched alkanes of at least 4 members (excludes halogenated alkanes) is 13. The van der Waals surface area contributed by atoms with Gasteiger partial charge in [0.05, 0.1) is 5.92 Å². The van der Waals surface area contributed by atoms with Gasteiger partial charge < -0.3 is 20.6 Å². The van der Waals surface area contributed by atoms with Crippen LogP contribution < -0.4 is 5.32 Å². The number of rotatable bonds is 18. The van der Waals surface area contributed by atoms with E-state index >= 15 is 0 Å². The summed E-state index contributed by atoms with van der Waals surface area (Å²) in [5.74, 6) is -3.18. The van der Waals surface area contributed by atoms with Crippen LogP contribution in [-0.2, 0) is 14.4 Å². The molecule has 1 rings (SSSR count). The topological polar surface area (TPSA) is 124 Å². The van der Waals surface area contributed by atoms with Crippen molar-refractivity contribution in [2.45, 2.75) is 121 Å². The molecule has 3 atom stereocenters. The van der Waals surface area contributed by atoms with Crippen molar-refractivity contribution in [3.63, 3.8) is 0 Å². The van der Waals surface area contributed by atoms with Crippen LogP contribution in [0.3, 0.4) is 0 Å². The summed E-state index contributed by atoms with van der Waals surface area (Å²) in [5, 5.41) is 28.3. The maximum absolute atomic E-state index is 10.6. The average molecular weight is 523 g/mol. The number of carbonyl (C=O) groups is 3. The molecular formula is C24H44BrNO6. The van der Waals surface area contributed by atoms with Crippen LogP contribution in [0.4, 0.5) is 0 Å². The molecule has 3 unspecified atom stereocenters. The third-order valence-electron chi connectivity index (χ3n) is 5.86. The molecule has 1 fully saturated rings. The van der Waals surface area contributed by atoms with Crippen LogP contribution in [0.5, 0.6) is 0 Å². The van der Waals surface area contributed by atoms with Gasteiger partial charge in [-0.1, -0.05) is 113 Å². The van der Waals surface area contributed by atoms with Gasteiger partial charge in [-0.05, 0) is 12.8 Å². The van der Waals surface area contributed by atoms with Crippen LogP contribution in [0.15, 0.2) is 0 Å². The molecule has 188 valence electrons. The normalized spacial score (nSPS) is 18.6. The molecule has 0 amide bonds. The van der Waals surface area contributed by atoms with Crippen molar-refractivity contribution in [3.8, 4) is 0 Å². The highest BCUT2D eigenvalue weighted by atomic mass is 79.9. The molecule has 0 aromatic rings. The summed E-state index contributed by atoms with van der Waals surface area (Å²) in [6, 6.07) is -0.684. The van der Waals surface area contributed by atoms with Gasteiger partial charge in [-0.25, -0.2) is 0 Å². The quantitative estimate of drug-likeness (QED) is 0.132. The number of hydrogen-bond donors (Lipinski definition) is 4. The molecule has 1 aliphatic heterocycles. The molecule has 32 heavy (non-hydrogen) atoms. The molecule has 1 saturated heterocycles. The van der Waals surface area contributed by atoms with E-state index in [9.17, 15) is 14.4 Å². The van der Waals surface area contributed by atoms with Gasteiger partial charge in [0.25, 0.3) is 0 Å². The van der Waals surface area contributed by atoms with Crippen molar-refractivity contribution in [2.75, 3.05) is 6.54 Å². The molecule has 0 bridgehead atoms. The third kappa shape index (κ3) is 17.4. The summed E-state index contributed by atoms with van der Waals surface area (Å²) < 4.78 is 0. The third-order valence-corrected chi connectivity index (χ3v) is 6.71. The number of nitrogens with one attached hydrogen (secondary N) is 1. The molecule has 0 radical (unpaired) electrons. The number of carboxylic acids is 3. The van der Waals surface area contributed by atoms with E-state index in [4.69, 9.17) is 15.3 Å². The van der Waals surface area contributed by atoms with Gasteiger partial charge in [0.2, 0.25) is 0 Å². The number of hydrogen-bond acceptors (Lipinski definition) is 4. The Morgan fingerprint density at radius 3 is 1.53 bits per heavy atom. The molecule has 0 aromatic heterocycles. The lowest BCUT2D eigenvalue weighted by molar-refractivity contribution is -0.141. The highest BCUT2D eigenvalue weighted by molar-refractivity contribution is 9.10. The van der Waals surface area contributed by atoms with Gasteiger partial charge >= 0.3 is 17.9 Å². The highest BCUT2D eigenvalue weighted by Gasteiger charge is 2.33. The second kappa shape index (κ2) is 20.5. The van der Waals surface area contributed by atoms with Crippen LogP contribution in [0.2, 0.25) is 0 Å². The van der Waals surface area contributed by atoms with E-state index in [1.807, 2.05) is 0 Å². The monoisotopic (exact) mass is 521 g/mol. The smallest absolute Gasteiger partial charge is 0.320 e. The van der Waals surface area contributed by atoms with Crippen LogP contribution in [-0.4, -0.2) is 50.6 Å². The number of halogens is 1. The van der Waals surface area contributed by atoms with E-state index in [0.717, 1.165) is 12.8 Å². The second-order valence-electron chi connectivity index (χ2n) is 8.76. The first-order valence-corrected chi connectivity index (χ1v) is 13.3. The van der Waals surface area contributed by atoms with Gasteiger partial charge in [-0.15, -0.1) is 0 Å². The lowest BCUT2D eigenvalue weighted by Gasteiger charge is -2.05. The molecular weight excluding hydrogens is 478 g/mol. The van der Waals surface area contributed by atoms with Gasteiger partial charge in [-0.3, -0.25) is 14.4 Å². The van der Waals surface area contributed by atoms with E-state index in [0.29, 0.717) is 0 Å². The minimum Gasteiger partial charge on any atom is -0.481 e. The Hall–Kier alpha value is -1.15. The highest BCUT2D eigenvalue weighted by Crippen LogP contribution is 2.16. The average Bonchev–Trinajstić information content (AvgIpc) is 3.25. The van der Waals surface area contributed by atoms with E-state index in [2.05, 4.69) is 28.2 Å². The second-order valence-corrected chi connectivity index (χ2v) is 9.87. The molecule has 7 nitrogen and oxygen atoms in total. The Labute approximate surface area is 201 Å². The van der Waals surface area contributed by atoms with Crippen LogP contribution in [0.1, 0.15) is 110 Å². The van der Waals surface area contributed by atoms with Crippen LogP contribution >= 0.6 is 15.9 Å². The molecule has 0 aliphatic carbocycles. The Bertz CT molecular complexity index is 497. The van der Waals surface area contributed by atoms with E-state index in [1.165, 1.54) is 83.5 Å². The molecule has 0 spiro atoms. The summed E-state index contributed by atoms with van der Waals surface area (Å²) in [4.78, 5) is 30.9. The predicted molar refractivity (Wildman–Crippen MR) is 130 cm³/mol. The van der Waals surface area contributed by atoms with Gasteiger partial charge in [0.15, 0.2) is 0 Å². The fourth-order valence-electron chi connectivity index (χ4n) is 3.75. The molecule has 0 saturated carbocycles. The Morgan fingerprint density at radius 2 is 1.22 bits per heavy atom. The summed E-state index contributed by atoms with van der Waals surface area (Å²) >= 11 is 3.18. The molecule has 0 aromatic carbocycles. The van der Waals surface area contributed by atoms with Gasteiger partial charge in [0, 0.05) is 6.54 Å². The predicted octanol–water partition coefficient (Wildman–Crippen LogP) is 5.84. The zero-order chi connectivity index (χ0) is 24.2. The zero-order valence-corrected chi connectivity index (χ0v) is 21.3. The van der Waals surface area contributed by atoms with Crippen molar-refractivity contribution in [1.82, 2.24) is 5.32 Å². The Balaban J connectivity index is 0.000000726. The summed E-state index contributed by atoms with van der Waals surface area (Å²) in [7, 11) is 0. The summed E-state index contributed by atoms with van der Waals surface area (Å²) in [5.41, 5.74) is 0. The standard InChI is InChI=1S/C18H35BrO2.C6H9NO4/c1-2-3-4-5-6-7-8-9-10-11-12-13-14-15-16-17(19)18(20)21;8-5(9)3-1-4(6(10)11)7-2-3/h17H,2-16H2,1H3,(H,20,21);3-4,7H,1-2H2,(H,8,9)(H,10,11). The van der Waals surface area contributed by atoms with E-state index in [1.54, 1.807) is 0 Å². The number of alkyl halides is 1. The SMILES string of the molecule is CCCCCCCCCCCCCCCCC(Br)C(=O)O.O=C(O)C1CNC(C(=O)O)C1. The molecule has 4 N–H and O–H groups in total. The minimum absolute atomic E-state index is 0.185. The summed E-state index contributed by atoms with van der Waals surface area (Å²) in [6.45, 7) is 2.52. The van der Waals surface area contributed by atoms with Crippen LogP contribution in [0.25, 0.3) is 0 Å². The van der Waals surface area contributed by atoms with E-state index in [-0.39, 0.29) is 17.8 Å². The molecule has 1 aliphatic rings. The minimum atomic E-state index is -0.978. The van der Waals surface area contributed by atoms with Gasteiger partial charge in [0.1, 0.15) is 10.9 Å². The Kier molecular flexibility index (Phi) is 19.7. The van der Waals surface area contributed by atoms with Gasteiger partial charge in [-0.2, -0.15) is 0 Å². The fourth-order valence-corrected chi connectivity index (χ4v) is 4.08. The van der Waals surface area contributed by atoms with Crippen molar-refractivity contribution >= 4 is 33.8 Å². The first-order chi connectivity index (χ1) is 15.3. The Morgan fingerprint density at radius 1 is 0.781 bits per heavy atom. The lowest BCUT2D eigenvalue weighted by atomic mass is 10.0. The van der Waals surface area contributed by atoms with Crippen molar-refractivity contribution in [1.29, 1.82) is 0 Å². The lowest BCUT2D eigenvalue weighted by Crippen LogP contribution is -2.29. The van der Waals surface area contributed by atoms with Crippen molar-refractivity contribution < 1.29 is 29.7 Å². The first-order valence-electron chi connectivity index (χ1n) is 12.3. The maximum Gasteiger partial charge on any atom is 0.320 e. The maximum atomic E-state index is 10.6. The largest absolute Gasteiger partial charge is 0.481 e. The van der Waals surface area contributed by atoms with Crippen molar-refractivity contribution in [2.24, 2.45) is 5.92 Å². The van der Waals surface area contributed by atoms with E-state index < -0.39 is 29.9 Å². The number of carboxylic acid groups (broad SMARTS) is 3. The summed E-state index contributed by atoms with van der Waals surface area (Å²) in [6.07, 6.45) is 19.7. The fraction of sp³-hybridized carbons (Fsp3) is 0.875. The van der Waals surface area contributed by atoms with Crippen LogP contribution in [0, 0.1) is 5.92 Å².